The fourth-order valence-electron chi connectivity index (χ4n) is 2.25. The SMILES string of the molecule is C=CCCN1CCSc2ccccc2C(C=O)=C1C=O. The van der Waals surface area contributed by atoms with Crippen LogP contribution in [0.15, 0.2) is 47.5 Å². The zero-order chi connectivity index (χ0) is 14.4. The number of allylic oxidation sites excluding steroid dienone is 2. The molecule has 0 radical (unpaired) electrons. The molecule has 20 heavy (non-hydrogen) atoms. The molecule has 2 rings (SSSR count). The molecule has 0 atom stereocenters. The van der Waals surface area contributed by atoms with E-state index in [1.807, 2.05) is 35.2 Å². The number of hydrogen-bond acceptors (Lipinski definition) is 4. The third kappa shape index (κ3) is 3.02. The van der Waals surface area contributed by atoms with Crippen molar-refractivity contribution in [2.45, 2.75) is 11.3 Å². The van der Waals surface area contributed by atoms with Crippen LogP contribution >= 0.6 is 11.8 Å². The van der Waals surface area contributed by atoms with Crippen LogP contribution in [0, 0.1) is 0 Å². The van der Waals surface area contributed by atoms with Crippen molar-refractivity contribution in [3.8, 4) is 0 Å². The van der Waals surface area contributed by atoms with Gasteiger partial charge in [0.15, 0.2) is 12.6 Å². The second kappa shape index (κ2) is 7.10. The van der Waals surface area contributed by atoms with E-state index in [9.17, 15) is 9.59 Å². The van der Waals surface area contributed by atoms with Gasteiger partial charge in [0.1, 0.15) is 0 Å². The van der Waals surface area contributed by atoms with Crippen molar-refractivity contribution in [2.75, 3.05) is 18.8 Å². The van der Waals surface area contributed by atoms with Gasteiger partial charge in [0.2, 0.25) is 0 Å². The van der Waals surface area contributed by atoms with Crippen LogP contribution in [0.2, 0.25) is 0 Å². The predicted octanol–water partition coefficient (Wildman–Crippen LogP) is 2.78. The average molecular weight is 287 g/mol. The van der Waals surface area contributed by atoms with Gasteiger partial charge in [0.05, 0.1) is 5.70 Å². The van der Waals surface area contributed by atoms with E-state index >= 15 is 0 Å². The maximum Gasteiger partial charge on any atom is 0.166 e. The highest BCUT2D eigenvalue weighted by atomic mass is 32.2. The van der Waals surface area contributed by atoms with Gasteiger partial charge in [-0.25, -0.2) is 0 Å². The number of hydrogen-bond donors (Lipinski definition) is 0. The van der Waals surface area contributed by atoms with Gasteiger partial charge in [-0.1, -0.05) is 24.3 Å². The number of carbonyl (C=O) groups is 2. The van der Waals surface area contributed by atoms with Crippen molar-refractivity contribution in [1.82, 2.24) is 4.90 Å². The zero-order valence-electron chi connectivity index (χ0n) is 11.2. The van der Waals surface area contributed by atoms with E-state index in [2.05, 4.69) is 6.58 Å². The number of nitrogens with zero attached hydrogens (tertiary/aromatic N) is 1. The van der Waals surface area contributed by atoms with Crippen LogP contribution in [0.1, 0.15) is 12.0 Å². The van der Waals surface area contributed by atoms with Crippen LogP contribution in [-0.2, 0) is 9.59 Å². The summed E-state index contributed by atoms with van der Waals surface area (Å²) in [5, 5.41) is 0. The summed E-state index contributed by atoms with van der Waals surface area (Å²) in [6.45, 7) is 5.16. The van der Waals surface area contributed by atoms with Gasteiger partial charge >= 0.3 is 0 Å². The summed E-state index contributed by atoms with van der Waals surface area (Å²) in [5.41, 5.74) is 1.80. The Bertz CT molecular complexity index is 551. The minimum absolute atomic E-state index is 0.479. The minimum Gasteiger partial charge on any atom is -0.367 e. The molecule has 0 saturated heterocycles. The molecule has 0 spiro atoms. The lowest BCUT2D eigenvalue weighted by Gasteiger charge is -2.28. The second-order valence-corrected chi connectivity index (χ2v) is 5.58. The first-order valence-corrected chi connectivity index (χ1v) is 7.53. The lowest BCUT2D eigenvalue weighted by atomic mass is 10.0. The van der Waals surface area contributed by atoms with E-state index in [-0.39, 0.29) is 0 Å². The fraction of sp³-hybridized carbons (Fsp3) is 0.250. The van der Waals surface area contributed by atoms with Crippen molar-refractivity contribution >= 4 is 29.9 Å². The molecule has 1 aliphatic heterocycles. The van der Waals surface area contributed by atoms with Crippen LogP contribution in [0.4, 0.5) is 0 Å². The molecule has 0 fully saturated rings. The van der Waals surface area contributed by atoms with Crippen LogP contribution in [0.3, 0.4) is 0 Å². The van der Waals surface area contributed by atoms with E-state index < -0.39 is 0 Å². The highest BCUT2D eigenvalue weighted by molar-refractivity contribution is 7.99. The third-order valence-electron chi connectivity index (χ3n) is 3.25. The Morgan fingerprint density at radius 1 is 1.25 bits per heavy atom. The van der Waals surface area contributed by atoms with Gasteiger partial charge < -0.3 is 4.90 Å². The largest absolute Gasteiger partial charge is 0.367 e. The molecule has 0 saturated carbocycles. The maximum atomic E-state index is 11.5. The Kier molecular flexibility index (Phi) is 5.18. The molecule has 104 valence electrons. The Morgan fingerprint density at radius 3 is 2.75 bits per heavy atom. The topological polar surface area (TPSA) is 37.4 Å². The third-order valence-corrected chi connectivity index (χ3v) is 4.30. The highest BCUT2D eigenvalue weighted by Crippen LogP contribution is 2.32. The molecule has 0 aromatic heterocycles. The quantitative estimate of drug-likeness (QED) is 0.616. The highest BCUT2D eigenvalue weighted by Gasteiger charge is 2.20. The summed E-state index contributed by atoms with van der Waals surface area (Å²) in [7, 11) is 0. The van der Waals surface area contributed by atoms with Crippen molar-refractivity contribution in [1.29, 1.82) is 0 Å². The van der Waals surface area contributed by atoms with Gasteiger partial charge in [0, 0.05) is 34.9 Å². The monoisotopic (exact) mass is 287 g/mol. The Balaban J connectivity index is 2.52. The van der Waals surface area contributed by atoms with Crippen LogP contribution < -0.4 is 0 Å². The van der Waals surface area contributed by atoms with Gasteiger partial charge in [-0.15, -0.1) is 18.3 Å². The molecule has 1 aliphatic rings. The maximum absolute atomic E-state index is 11.5. The van der Waals surface area contributed by atoms with E-state index in [0.29, 0.717) is 17.8 Å². The summed E-state index contributed by atoms with van der Waals surface area (Å²) in [6.07, 6.45) is 4.19. The lowest BCUT2D eigenvalue weighted by Crippen LogP contribution is -2.29. The van der Waals surface area contributed by atoms with Crippen molar-refractivity contribution in [3.63, 3.8) is 0 Å². The fourth-order valence-corrected chi connectivity index (χ4v) is 3.29. The molecular formula is C16H17NO2S. The molecule has 0 aliphatic carbocycles. The summed E-state index contributed by atoms with van der Waals surface area (Å²) in [5.74, 6) is 0.887. The zero-order valence-corrected chi connectivity index (χ0v) is 12.1. The first-order valence-electron chi connectivity index (χ1n) is 6.54. The molecule has 1 aromatic rings. The van der Waals surface area contributed by atoms with Gasteiger partial charge in [-0.05, 0) is 12.5 Å². The van der Waals surface area contributed by atoms with Crippen LogP contribution in [0.5, 0.6) is 0 Å². The predicted molar refractivity (Wildman–Crippen MR) is 82.6 cm³/mol. The molecular weight excluding hydrogens is 270 g/mol. The van der Waals surface area contributed by atoms with E-state index in [0.717, 1.165) is 41.7 Å². The number of rotatable bonds is 5. The summed E-state index contributed by atoms with van der Waals surface area (Å²) in [4.78, 5) is 26.0. The molecule has 0 amide bonds. The van der Waals surface area contributed by atoms with Gasteiger partial charge in [-0.3, -0.25) is 9.59 Å². The molecule has 0 bridgehead atoms. The Morgan fingerprint density at radius 2 is 2.05 bits per heavy atom. The normalized spacial score (nSPS) is 15.1. The first-order chi connectivity index (χ1) is 9.81. The smallest absolute Gasteiger partial charge is 0.166 e. The van der Waals surface area contributed by atoms with Gasteiger partial charge in [-0.2, -0.15) is 0 Å². The molecule has 3 nitrogen and oxygen atoms in total. The van der Waals surface area contributed by atoms with Crippen LogP contribution in [0.25, 0.3) is 5.57 Å². The molecule has 4 heteroatoms. The summed E-state index contributed by atoms with van der Waals surface area (Å²) >= 11 is 1.72. The van der Waals surface area contributed by atoms with Crippen LogP contribution in [-0.4, -0.2) is 36.3 Å². The molecule has 1 heterocycles. The number of benzene rings is 1. The minimum atomic E-state index is 0.479. The lowest BCUT2D eigenvalue weighted by molar-refractivity contribution is -0.107. The number of carbonyl (C=O) groups excluding carboxylic acids is 2. The number of fused-ring (bicyclic) bond motifs is 1. The van der Waals surface area contributed by atoms with Crippen molar-refractivity contribution in [2.24, 2.45) is 0 Å². The second-order valence-electron chi connectivity index (χ2n) is 4.44. The van der Waals surface area contributed by atoms with Gasteiger partial charge in [0.25, 0.3) is 0 Å². The van der Waals surface area contributed by atoms with Crippen molar-refractivity contribution in [3.05, 3.63) is 48.2 Å². The number of thioether (sulfide) groups is 1. The molecule has 0 unspecified atom stereocenters. The standard InChI is InChI=1S/C16H17NO2S/c1-2-3-8-17-9-10-20-16-7-5-4-6-13(16)14(11-18)15(17)12-19/h2,4-7,11-12H,1,3,8-10H2. The molecule has 1 aromatic carbocycles. The summed E-state index contributed by atoms with van der Waals surface area (Å²) in [6, 6.07) is 7.73. The molecule has 0 N–H and O–H groups in total. The van der Waals surface area contributed by atoms with Crippen molar-refractivity contribution < 1.29 is 9.59 Å². The van der Waals surface area contributed by atoms with E-state index in [1.165, 1.54) is 0 Å². The first kappa shape index (κ1) is 14.6. The Hall–Kier alpha value is -1.81. The van der Waals surface area contributed by atoms with E-state index in [1.54, 1.807) is 11.8 Å². The Labute approximate surface area is 123 Å². The van der Waals surface area contributed by atoms with E-state index in [4.69, 9.17) is 0 Å². The number of aldehydes is 2. The summed E-state index contributed by atoms with van der Waals surface area (Å²) < 4.78 is 0. The average Bonchev–Trinajstić information content (AvgIpc) is 2.47.